The first-order chi connectivity index (χ1) is 22.8. The summed E-state index contributed by atoms with van der Waals surface area (Å²) in [6, 6.07) is 27.2. The molecule has 0 spiro atoms. The zero-order valence-electron chi connectivity index (χ0n) is 26.0. The molecule has 0 aliphatic carbocycles. The number of nitrogens with one attached hydrogen (secondary N) is 2. The minimum absolute atomic E-state index is 0.0280. The number of thiophene rings is 1. The minimum Gasteiger partial charge on any atom is -0.465 e. The summed E-state index contributed by atoms with van der Waals surface area (Å²) < 4.78 is 36.1. The molecule has 0 amide bonds. The van der Waals surface area contributed by atoms with E-state index in [0.29, 0.717) is 17.5 Å². The van der Waals surface area contributed by atoms with Crippen LogP contribution in [0.1, 0.15) is 56.2 Å². The Morgan fingerprint density at radius 1 is 1.00 bits per heavy atom. The number of carbonyl (C=O) groups is 1. The van der Waals surface area contributed by atoms with Crippen LogP contribution in [-0.2, 0) is 21.2 Å². The van der Waals surface area contributed by atoms with Crippen molar-refractivity contribution < 1.29 is 17.9 Å². The monoisotopic (exact) mass is 659 g/mol. The van der Waals surface area contributed by atoms with Crippen LogP contribution in [-0.4, -0.2) is 37.0 Å². The molecule has 0 bridgehead atoms. The number of methoxy groups -OCH3 is 1. The number of ether oxygens (including phenoxy) is 1. The summed E-state index contributed by atoms with van der Waals surface area (Å²) in [7, 11) is -2.48. The molecule has 7 aromatic rings. The van der Waals surface area contributed by atoms with Gasteiger partial charge in [0.2, 0.25) is 0 Å². The normalized spacial score (nSPS) is 15.1. The first-order valence-electron chi connectivity index (χ1n) is 15.7. The highest BCUT2D eigenvalue weighted by atomic mass is 32.2. The van der Waals surface area contributed by atoms with Crippen molar-refractivity contribution in [3.8, 4) is 0 Å². The van der Waals surface area contributed by atoms with Gasteiger partial charge in [-0.15, -0.1) is 11.3 Å². The summed E-state index contributed by atoms with van der Waals surface area (Å²) in [5.74, 6) is -0.342. The molecule has 7 nitrogen and oxygen atoms in total. The van der Waals surface area contributed by atoms with Crippen molar-refractivity contribution in [1.29, 1.82) is 0 Å². The number of esters is 1. The highest BCUT2D eigenvalue weighted by Gasteiger charge is 2.29. The van der Waals surface area contributed by atoms with Gasteiger partial charge in [-0.1, -0.05) is 42.0 Å². The highest BCUT2D eigenvalue weighted by molar-refractivity contribution is 7.90. The van der Waals surface area contributed by atoms with Crippen molar-refractivity contribution in [2.75, 3.05) is 19.0 Å². The van der Waals surface area contributed by atoms with Crippen molar-refractivity contribution in [2.45, 2.75) is 37.0 Å². The Morgan fingerprint density at radius 3 is 2.64 bits per heavy atom. The molecule has 47 heavy (non-hydrogen) atoms. The van der Waals surface area contributed by atoms with Crippen molar-refractivity contribution >= 4 is 64.9 Å². The minimum atomic E-state index is -3.87. The molecule has 1 aliphatic heterocycles. The van der Waals surface area contributed by atoms with Gasteiger partial charge in [-0.05, 0) is 90.4 Å². The van der Waals surface area contributed by atoms with Crippen LogP contribution in [0.25, 0.3) is 31.9 Å². The molecule has 9 heteroatoms. The van der Waals surface area contributed by atoms with Crippen molar-refractivity contribution in [3.63, 3.8) is 0 Å². The summed E-state index contributed by atoms with van der Waals surface area (Å²) in [6.45, 7) is 2.71. The molecule has 0 radical (unpaired) electrons. The lowest BCUT2D eigenvalue weighted by atomic mass is 9.86. The Kier molecular flexibility index (Phi) is 7.19. The van der Waals surface area contributed by atoms with Gasteiger partial charge >= 0.3 is 5.97 Å². The molecule has 8 rings (SSSR count). The molecular formula is C38H33N3O4S2. The van der Waals surface area contributed by atoms with Gasteiger partial charge in [0.1, 0.15) is 0 Å². The zero-order valence-corrected chi connectivity index (χ0v) is 27.7. The number of aromatic nitrogens is 2. The number of hydrogen-bond donors (Lipinski definition) is 2. The molecule has 236 valence electrons. The van der Waals surface area contributed by atoms with Crippen LogP contribution >= 0.6 is 11.3 Å². The number of nitrogens with zero attached hydrogens (tertiary/aromatic N) is 1. The van der Waals surface area contributed by atoms with Gasteiger partial charge < -0.3 is 15.0 Å². The van der Waals surface area contributed by atoms with Gasteiger partial charge in [0.25, 0.3) is 10.0 Å². The largest absolute Gasteiger partial charge is 0.465 e. The molecular weight excluding hydrogens is 627 g/mol. The van der Waals surface area contributed by atoms with Gasteiger partial charge in [0.15, 0.2) is 0 Å². The standard InChI is InChI=1S/C38H33N3O4S2/c1-23-9-12-28(13-10-23)47(43,44)41-22-26(19-27-18-24-6-3-4-8-35(24)46-27)36-34(41)16-14-30-29(7-5-17-39-37(30)36)32-21-40-33-15-11-25(20-31(32)33)38(42)45-2/h3-4,6,8-16,18,20-22,29,39-40H,5,7,17,19H2,1-2H3. The topological polar surface area (TPSA) is 93.2 Å². The van der Waals surface area contributed by atoms with Crippen LogP contribution in [0.4, 0.5) is 5.69 Å². The molecule has 0 fully saturated rings. The predicted molar refractivity (Wildman–Crippen MR) is 190 cm³/mol. The fourth-order valence-corrected chi connectivity index (χ4v) is 9.49. The Bertz CT molecular complexity index is 2400. The fourth-order valence-electron chi connectivity index (χ4n) is 7.01. The summed E-state index contributed by atoms with van der Waals surface area (Å²) in [4.78, 5) is 17.3. The van der Waals surface area contributed by atoms with E-state index in [4.69, 9.17) is 4.74 Å². The number of H-pyrrole nitrogens is 1. The highest BCUT2D eigenvalue weighted by Crippen LogP contribution is 2.45. The molecule has 1 unspecified atom stereocenters. The van der Waals surface area contributed by atoms with Gasteiger partial charge in [-0.25, -0.2) is 17.2 Å². The van der Waals surface area contributed by atoms with E-state index in [1.807, 2.05) is 61.8 Å². The van der Waals surface area contributed by atoms with Crippen LogP contribution in [0.2, 0.25) is 0 Å². The first kappa shape index (κ1) is 29.5. The van der Waals surface area contributed by atoms with Gasteiger partial charge in [0.05, 0.1) is 23.1 Å². The van der Waals surface area contributed by atoms with Crippen LogP contribution < -0.4 is 5.32 Å². The summed E-state index contributed by atoms with van der Waals surface area (Å²) >= 11 is 1.74. The van der Waals surface area contributed by atoms with E-state index >= 15 is 0 Å². The smallest absolute Gasteiger partial charge is 0.337 e. The lowest BCUT2D eigenvalue weighted by Crippen LogP contribution is -2.12. The third-order valence-corrected chi connectivity index (χ3v) is 12.1. The predicted octanol–water partition coefficient (Wildman–Crippen LogP) is 8.60. The molecule has 0 saturated carbocycles. The molecule has 1 atom stereocenters. The van der Waals surface area contributed by atoms with Gasteiger partial charge in [0, 0.05) is 62.8 Å². The number of benzene rings is 4. The Labute approximate surface area is 276 Å². The van der Waals surface area contributed by atoms with Crippen LogP contribution in [0, 0.1) is 6.92 Å². The molecule has 0 saturated heterocycles. The lowest BCUT2D eigenvalue weighted by molar-refractivity contribution is 0.0601. The van der Waals surface area contributed by atoms with E-state index in [-0.39, 0.29) is 16.8 Å². The average Bonchev–Trinajstić information content (AvgIpc) is 3.76. The van der Waals surface area contributed by atoms with E-state index < -0.39 is 10.0 Å². The molecule has 3 aromatic heterocycles. The number of hydrogen-bond acceptors (Lipinski definition) is 6. The van der Waals surface area contributed by atoms with Crippen molar-refractivity contribution in [2.24, 2.45) is 0 Å². The summed E-state index contributed by atoms with van der Waals surface area (Å²) in [6.07, 6.45) is 6.29. The quantitative estimate of drug-likeness (QED) is 0.175. The Balaban J connectivity index is 1.33. The second-order valence-electron chi connectivity index (χ2n) is 12.2. The number of aromatic amines is 1. The van der Waals surface area contributed by atoms with E-state index in [0.717, 1.165) is 63.6 Å². The number of anilines is 1. The van der Waals surface area contributed by atoms with Crippen LogP contribution in [0.3, 0.4) is 0 Å². The lowest BCUT2D eigenvalue weighted by Gasteiger charge is -2.19. The van der Waals surface area contributed by atoms with E-state index in [2.05, 4.69) is 34.6 Å². The molecule has 2 N–H and O–H groups in total. The Hall–Kier alpha value is -4.86. The summed E-state index contributed by atoms with van der Waals surface area (Å²) in [5, 5.41) is 6.82. The van der Waals surface area contributed by atoms with E-state index in [9.17, 15) is 13.2 Å². The number of rotatable bonds is 6. The van der Waals surface area contributed by atoms with Gasteiger partial charge in [-0.2, -0.15) is 0 Å². The third kappa shape index (κ3) is 5.01. The zero-order chi connectivity index (χ0) is 32.3. The molecule has 4 aromatic carbocycles. The second kappa shape index (κ2) is 11.4. The number of fused-ring (bicyclic) bond motifs is 5. The second-order valence-corrected chi connectivity index (χ2v) is 15.2. The fraction of sp³-hybridized carbons (Fsp3) is 0.184. The number of carbonyl (C=O) groups excluding carboxylic acids is 1. The maximum Gasteiger partial charge on any atom is 0.337 e. The van der Waals surface area contributed by atoms with Crippen LogP contribution in [0.15, 0.2) is 102 Å². The maximum atomic E-state index is 14.2. The van der Waals surface area contributed by atoms with E-state index in [1.165, 1.54) is 26.0 Å². The summed E-state index contributed by atoms with van der Waals surface area (Å²) in [5.41, 5.74) is 7.26. The Morgan fingerprint density at radius 2 is 1.83 bits per heavy atom. The maximum absolute atomic E-state index is 14.2. The SMILES string of the molecule is COC(=O)c1ccc2[nH]cc(C3CCCNc4c3ccc3c4c(Cc4cc5ccccc5s4)cn3S(=O)(=O)c3ccc(C)cc3)c2c1. The van der Waals surface area contributed by atoms with Gasteiger partial charge in [-0.3, -0.25) is 0 Å². The van der Waals surface area contributed by atoms with Crippen molar-refractivity contribution in [3.05, 3.63) is 130 Å². The first-order valence-corrected chi connectivity index (χ1v) is 18.0. The van der Waals surface area contributed by atoms with E-state index in [1.54, 1.807) is 29.5 Å². The number of aryl methyl sites for hydroxylation is 1. The van der Waals surface area contributed by atoms with Crippen molar-refractivity contribution in [1.82, 2.24) is 8.96 Å². The average molecular weight is 660 g/mol. The third-order valence-electron chi connectivity index (χ3n) is 9.32. The van der Waals surface area contributed by atoms with Crippen LogP contribution in [0.5, 0.6) is 0 Å². The molecule has 1 aliphatic rings. The molecule has 4 heterocycles.